The molecule has 3 rings (SSSR count). The first kappa shape index (κ1) is 19.2. The monoisotopic (exact) mass is 382 g/mol. The van der Waals surface area contributed by atoms with Crippen molar-refractivity contribution in [2.75, 3.05) is 5.32 Å². The minimum Gasteiger partial charge on any atom is -0.320 e. The van der Waals surface area contributed by atoms with E-state index in [1.165, 1.54) is 28.8 Å². The van der Waals surface area contributed by atoms with Gasteiger partial charge in [0.25, 0.3) is 17.0 Å². The van der Waals surface area contributed by atoms with Gasteiger partial charge in [-0.2, -0.15) is 5.10 Å². The van der Waals surface area contributed by atoms with Gasteiger partial charge >= 0.3 is 0 Å². The Labute approximate surface area is 160 Å². The average molecular weight is 382 g/mol. The molecule has 0 unspecified atom stereocenters. The maximum absolute atomic E-state index is 14.5. The summed E-state index contributed by atoms with van der Waals surface area (Å²) in [6.07, 6.45) is 1.56. The van der Waals surface area contributed by atoms with Gasteiger partial charge in [-0.1, -0.05) is 12.1 Å². The van der Waals surface area contributed by atoms with Crippen molar-refractivity contribution in [3.05, 3.63) is 92.0 Å². The Morgan fingerprint density at radius 1 is 1.14 bits per heavy atom. The maximum Gasteiger partial charge on any atom is 0.276 e. The van der Waals surface area contributed by atoms with Crippen LogP contribution >= 0.6 is 0 Å². The molecule has 0 aliphatic heterocycles. The summed E-state index contributed by atoms with van der Waals surface area (Å²) in [5.74, 6) is -1.12. The number of aromatic nitrogens is 3. The fraction of sp³-hybridized carbons (Fsp3) is 0.200. The molecule has 1 aromatic carbocycles. The molecular weight excluding hydrogens is 363 g/mol. The lowest BCUT2D eigenvalue weighted by Gasteiger charge is -2.14. The molecule has 0 atom stereocenters. The van der Waals surface area contributed by atoms with E-state index in [0.717, 1.165) is 4.68 Å². The van der Waals surface area contributed by atoms with Gasteiger partial charge in [0.05, 0.1) is 6.54 Å². The van der Waals surface area contributed by atoms with E-state index in [4.69, 9.17) is 0 Å². The smallest absolute Gasteiger partial charge is 0.276 e. The Hall–Kier alpha value is -3.55. The molecule has 7 nitrogen and oxygen atoms in total. The van der Waals surface area contributed by atoms with Crippen LogP contribution in [0.25, 0.3) is 0 Å². The maximum atomic E-state index is 14.5. The molecule has 0 bridgehead atoms. The van der Waals surface area contributed by atoms with Gasteiger partial charge in [0.2, 0.25) is 0 Å². The van der Waals surface area contributed by atoms with E-state index < -0.39 is 11.7 Å². The number of halogens is 1. The molecule has 0 fully saturated rings. The van der Waals surface area contributed by atoms with Crippen molar-refractivity contribution in [1.82, 2.24) is 14.3 Å². The quantitative estimate of drug-likeness (QED) is 0.733. The van der Waals surface area contributed by atoms with E-state index in [0.29, 0.717) is 12.1 Å². The number of amides is 1. The van der Waals surface area contributed by atoms with Crippen LogP contribution in [0.4, 0.5) is 10.1 Å². The van der Waals surface area contributed by atoms with Crippen molar-refractivity contribution in [2.45, 2.75) is 26.9 Å². The summed E-state index contributed by atoms with van der Waals surface area (Å²) in [5.41, 5.74) is 0.422. The molecule has 0 aliphatic carbocycles. The van der Waals surface area contributed by atoms with E-state index in [-0.39, 0.29) is 34.6 Å². The first-order chi connectivity index (χ1) is 13.4. The van der Waals surface area contributed by atoms with Crippen LogP contribution in [0.2, 0.25) is 0 Å². The number of aryl methyl sites for hydroxylation is 2. The van der Waals surface area contributed by atoms with Crippen molar-refractivity contribution in [2.24, 2.45) is 0 Å². The average Bonchev–Trinajstić information content (AvgIpc) is 2.68. The summed E-state index contributed by atoms with van der Waals surface area (Å²) in [5, 5.41) is 6.61. The molecule has 1 N–H and O–H groups in total. The van der Waals surface area contributed by atoms with Gasteiger partial charge in [-0.3, -0.25) is 14.4 Å². The van der Waals surface area contributed by atoms with Crippen LogP contribution < -0.4 is 16.4 Å². The summed E-state index contributed by atoms with van der Waals surface area (Å²) in [6, 6.07) is 10.2. The van der Waals surface area contributed by atoms with E-state index >= 15 is 0 Å². The Bertz CT molecular complexity index is 1150. The van der Waals surface area contributed by atoms with E-state index in [2.05, 4.69) is 10.4 Å². The van der Waals surface area contributed by atoms with Crippen molar-refractivity contribution < 1.29 is 9.18 Å². The number of carbonyl (C=O) groups excluding carboxylic acids is 1. The zero-order valence-corrected chi connectivity index (χ0v) is 15.5. The fourth-order valence-corrected chi connectivity index (χ4v) is 2.77. The lowest BCUT2D eigenvalue weighted by Crippen LogP contribution is -2.26. The summed E-state index contributed by atoms with van der Waals surface area (Å²) >= 11 is 0. The number of hydrogen-bond acceptors (Lipinski definition) is 4. The Balaban J connectivity index is 1.94. The predicted octanol–water partition coefficient (Wildman–Crippen LogP) is 2.17. The highest BCUT2D eigenvalue weighted by Crippen LogP contribution is 2.20. The van der Waals surface area contributed by atoms with Crippen LogP contribution in [0.3, 0.4) is 0 Å². The molecule has 28 heavy (non-hydrogen) atoms. The van der Waals surface area contributed by atoms with Gasteiger partial charge in [-0.25, -0.2) is 9.07 Å². The Kier molecular flexibility index (Phi) is 5.49. The van der Waals surface area contributed by atoms with Crippen LogP contribution in [0.15, 0.2) is 58.3 Å². The van der Waals surface area contributed by atoms with E-state index in [9.17, 15) is 18.8 Å². The van der Waals surface area contributed by atoms with Gasteiger partial charge < -0.3 is 9.88 Å². The first-order valence-electron chi connectivity index (χ1n) is 8.73. The SMILES string of the molecule is CCn1nc(C(=O)Nc2cccc(F)c2Cn2cccc(C)c2=O)ccc1=O. The lowest BCUT2D eigenvalue weighted by molar-refractivity contribution is 0.101. The number of benzene rings is 1. The number of nitrogens with one attached hydrogen (secondary N) is 1. The highest BCUT2D eigenvalue weighted by atomic mass is 19.1. The molecule has 2 heterocycles. The molecule has 0 spiro atoms. The normalized spacial score (nSPS) is 10.7. The van der Waals surface area contributed by atoms with Gasteiger partial charge in [-0.15, -0.1) is 0 Å². The van der Waals surface area contributed by atoms with Crippen LogP contribution in [0.1, 0.15) is 28.5 Å². The largest absolute Gasteiger partial charge is 0.320 e. The number of pyridine rings is 1. The lowest BCUT2D eigenvalue weighted by atomic mass is 10.1. The zero-order valence-electron chi connectivity index (χ0n) is 15.5. The highest BCUT2D eigenvalue weighted by molar-refractivity contribution is 6.03. The number of nitrogens with zero attached hydrogens (tertiary/aromatic N) is 3. The Morgan fingerprint density at radius 3 is 2.68 bits per heavy atom. The first-order valence-corrected chi connectivity index (χ1v) is 8.73. The second-order valence-electron chi connectivity index (χ2n) is 6.22. The minimum atomic E-state index is -0.578. The molecule has 0 aliphatic rings. The van der Waals surface area contributed by atoms with Gasteiger partial charge in [0.15, 0.2) is 0 Å². The van der Waals surface area contributed by atoms with Crippen LogP contribution in [-0.2, 0) is 13.1 Å². The molecular formula is C20H19FN4O3. The Morgan fingerprint density at radius 2 is 1.93 bits per heavy atom. The fourth-order valence-electron chi connectivity index (χ4n) is 2.77. The van der Waals surface area contributed by atoms with Crippen molar-refractivity contribution in [1.29, 1.82) is 0 Å². The van der Waals surface area contributed by atoms with Crippen molar-refractivity contribution in [3.8, 4) is 0 Å². The summed E-state index contributed by atoms with van der Waals surface area (Å²) in [6.45, 7) is 3.70. The summed E-state index contributed by atoms with van der Waals surface area (Å²) in [7, 11) is 0. The van der Waals surface area contributed by atoms with Gasteiger partial charge in [0.1, 0.15) is 11.5 Å². The van der Waals surface area contributed by atoms with Gasteiger partial charge in [0, 0.05) is 35.6 Å². The number of anilines is 1. The van der Waals surface area contributed by atoms with Crippen molar-refractivity contribution >= 4 is 11.6 Å². The third-order valence-corrected chi connectivity index (χ3v) is 4.30. The topological polar surface area (TPSA) is 86.0 Å². The van der Waals surface area contributed by atoms with Gasteiger partial charge in [-0.05, 0) is 38.1 Å². The standard InChI is InChI=1S/C20H19FN4O3/c1-3-25-18(26)10-9-17(23-25)19(27)22-16-8-4-7-15(21)14(16)12-24-11-5-6-13(2)20(24)28/h4-11H,3,12H2,1-2H3,(H,22,27). The molecule has 3 aromatic rings. The number of rotatable bonds is 5. The van der Waals surface area contributed by atoms with Crippen molar-refractivity contribution in [3.63, 3.8) is 0 Å². The molecule has 144 valence electrons. The zero-order chi connectivity index (χ0) is 20.3. The number of hydrogen-bond donors (Lipinski definition) is 1. The number of carbonyl (C=O) groups is 1. The molecule has 0 saturated carbocycles. The molecule has 0 radical (unpaired) electrons. The van der Waals surface area contributed by atoms with Crippen LogP contribution in [0, 0.1) is 12.7 Å². The third-order valence-electron chi connectivity index (χ3n) is 4.30. The third kappa shape index (κ3) is 3.90. The van der Waals surface area contributed by atoms with Crippen LogP contribution in [0.5, 0.6) is 0 Å². The van der Waals surface area contributed by atoms with E-state index in [1.807, 2.05) is 0 Å². The highest BCUT2D eigenvalue weighted by Gasteiger charge is 2.15. The minimum absolute atomic E-state index is 0.0318. The second-order valence-corrected chi connectivity index (χ2v) is 6.22. The molecule has 1 amide bonds. The van der Waals surface area contributed by atoms with Crippen LogP contribution in [-0.4, -0.2) is 20.3 Å². The summed E-state index contributed by atoms with van der Waals surface area (Å²) < 4.78 is 17.0. The second kappa shape index (κ2) is 7.99. The molecule has 2 aromatic heterocycles. The summed E-state index contributed by atoms with van der Waals surface area (Å²) in [4.78, 5) is 36.4. The van der Waals surface area contributed by atoms with E-state index in [1.54, 1.807) is 38.2 Å². The predicted molar refractivity (Wildman–Crippen MR) is 103 cm³/mol. The molecule has 0 saturated heterocycles. The molecule has 8 heteroatoms.